The van der Waals surface area contributed by atoms with Gasteiger partial charge in [-0.15, -0.1) is 0 Å². The third-order valence-corrected chi connectivity index (χ3v) is 8.01. The van der Waals surface area contributed by atoms with E-state index in [9.17, 15) is 40.8 Å². The Balaban J connectivity index is 0.000000297. The summed E-state index contributed by atoms with van der Waals surface area (Å²) in [6.45, 7) is 0. The predicted molar refractivity (Wildman–Crippen MR) is 190 cm³/mol. The molecule has 2 amide bonds. The number of benzene rings is 2. The minimum Gasteiger partial charge on any atom is -0.508 e. The fourth-order valence-electron chi connectivity index (χ4n) is 3.85. The highest BCUT2D eigenvalue weighted by Gasteiger charge is 2.21. The van der Waals surface area contributed by atoms with E-state index >= 15 is 0 Å². The smallest absolute Gasteiger partial charge is 0.230 e. The van der Waals surface area contributed by atoms with Crippen molar-refractivity contribution in [2.75, 3.05) is 36.6 Å². The minimum atomic E-state index is -0.222. The van der Waals surface area contributed by atoms with E-state index in [4.69, 9.17) is 23.7 Å². The number of anilines is 2. The van der Waals surface area contributed by atoms with E-state index in [-0.39, 0.29) is 72.6 Å². The van der Waals surface area contributed by atoms with Crippen LogP contribution in [0.1, 0.15) is 22.3 Å². The number of nitrogens with two attached hydrogens (primary N) is 2. The summed E-state index contributed by atoms with van der Waals surface area (Å²) < 4.78 is 0.182. The molecule has 0 atom stereocenters. The van der Waals surface area contributed by atoms with Crippen LogP contribution in [0.25, 0.3) is 22.3 Å². The molecule has 0 aliphatic heterocycles. The molecule has 49 heavy (non-hydrogen) atoms. The Bertz CT molecular complexity index is 2070. The highest BCUT2D eigenvalue weighted by atomic mass is 79.9. The van der Waals surface area contributed by atoms with E-state index in [2.05, 4.69) is 36.5 Å². The molecule has 2 aromatic heterocycles. The van der Waals surface area contributed by atoms with E-state index in [1.807, 2.05) is 24.3 Å². The number of aromatic amines is 1. The van der Waals surface area contributed by atoms with Crippen molar-refractivity contribution in [3.8, 4) is 58.0 Å². The Kier molecular flexibility index (Phi) is 15.1. The monoisotopic (exact) mass is 758 g/mol. The molecule has 14 nitrogen and oxygen atoms in total. The van der Waals surface area contributed by atoms with Gasteiger partial charge in [-0.1, -0.05) is 64.2 Å². The second-order valence-corrected chi connectivity index (χ2v) is 11.2. The number of hydrogen-bond donors (Lipinski definition) is 7. The van der Waals surface area contributed by atoms with Crippen LogP contribution in [0.4, 0.5) is 11.6 Å². The van der Waals surface area contributed by atoms with Gasteiger partial charge in [0.2, 0.25) is 11.8 Å². The molecule has 0 spiro atoms. The third kappa shape index (κ3) is 10.2. The highest BCUT2D eigenvalue weighted by Crippen LogP contribution is 2.36. The standard InChI is InChI=1S/C16H13N5O2S.C13H8N4OS.C3H6BrNO/c1-20-13(23)8-24-16-12(7-18)14(11(6-17)15(19)21-16)9-2-4-10(22)5-3-9;14-5-9-11(7-1-3-8(18)4-2-7)10(6-15)13(19)17-12(9)16;1-5-3(6)2-4/h2-5,22H,8H2,1H3,(H2,19,21)(H,20,23);1-4,18H,(H3,16,17,19);2H2,1H3,(H,5,6). The molecule has 9 N–H and O–H groups in total. The molecule has 0 aliphatic carbocycles. The molecule has 4 rings (SSSR count). The Labute approximate surface area is 298 Å². The number of nitrogen functional groups attached to an aromatic ring is 2. The zero-order valence-electron chi connectivity index (χ0n) is 25.8. The van der Waals surface area contributed by atoms with Gasteiger partial charge in [-0.05, 0) is 35.4 Å². The number of hydrogen-bond acceptors (Lipinski definition) is 13. The average molecular weight is 760 g/mol. The van der Waals surface area contributed by atoms with Crippen LogP contribution in [0.5, 0.6) is 11.5 Å². The average Bonchev–Trinajstić information content (AvgIpc) is 3.10. The normalized spacial score (nSPS) is 9.45. The van der Waals surface area contributed by atoms with Gasteiger partial charge < -0.3 is 37.3 Å². The highest BCUT2D eigenvalue weighted by molar-refractivity contribution is 9.09. The first kappa shape index (κ1) is 39.1. The number of phenolic OH excluding ortho intramolecular Hbond substituents is 2. The van der Waals surface area contributed by atoms with E-state index in [0.717, 1.165) is 11.8 Å². The number of nitrogens with zero attached hydrogens (tertiary/aromatic N) is 5. The van der Waals surface area contributed by atoms with E-state index in [1.165, 1.54) is 31.3 Å². The molecule has 17 heteroatoms. The zero-order chi connectivity index (χ0) is 36.7. The van der Waals surface area contributed by atoms with Crippen LogP contribution in [0.3, 0.4) is 0 Å². The number of nitriles is 4. The van der Waals surface area contributed by atoms with Crippen molar-refractivity contribution in [2.24, 2.45) is 0 Å². The van der Waals surface area contributed by atoms with Gasteiger partial charge in [0.05, 0.1) is 22.2 Å². The summed E-state index contributed by atoms with van der Waals surface area (Å²) in [5.41, 5.74) is 14.0. The molecule has 0 saturated carbocycles. The number of halogens is 1. The van der Waals surface area contributed by atoms with Gasteiger partial charge in [0.15, 0.2) is 0 Å². The van der Waals surface area contributed by atoms with Crippen LogP contribution in [0.15, 0.2) is 53.6 Å². The largest absolute Gasteiger partial charge is 0.508 e. The van der Waals surface area contributed by atoms with Crippen LogP contribution < -0.4 is 22.1 Å². The number of pyridine rings is 2. The third-order valence-electron chi connectivity index (χ3n) is 6.21. The van der Waals surface area contributed by atoms with Gasteiger partial charge in [0.1, 0.15) is 68.2 Å². The maximum Gasteiger partial charge on any atom is 0.230 e. The first-order valence-electron chi connectivity index (χ1n) is 13.6. The Hall–Kier alpha value is -6.11. The number of aromatic hydroxyl groups is 2. The predicted octanol–water partition coefficient (Wildman–Crippen LogP) is 4.19. The lowest BCUT2D eigenvalue weighted by Crippen LogP contribution is -2.20. The minimum absolute atomic E-state index is 0.00926. The number of amides is 2. The Morgan fingerprint density at radius 3 is 1.65 bits per heavy atom. The lowest BCUT2D eigenvalue weighted by molar-refractivity contribution is -0.118. The molecule has 0 saturated heterocycles. The molecule has 0 fully saturated rings. The van der Waals surface area contributed by atoms with Crippen LogP contribution in [-0.2, 0) is 9.59 Å². The van der Waals surface area contributed by atoms with Crippen molar-refractivity contribution in [1.29, 1.82) is 21.0 Å². The van der Waals surface area contributed by atoms with E-state index in [0.29, 0.717) is 27.6 Å². The summed E-state index contributed by atoms with van der Waals surface area (Å²) in [7, 11) is 3.11. The Morgan fingerprint density at radius 2 is 1.27 bits per heavy atom. The van der Waals surface area contributed by atoms with Crippen molar-refractivity contribution in [1.82, 2.24) is 20.6 Å². The molecule has 2 aromatic carbocycles. The number of rotatable bonds is 6. The van der Waals surface area contributed by atoms with Gasteiger partial charge >= 0.3 is 0 Å². The number of carbonyl (C=O) groups excluding carboxylic acids is 2. The lowest BCUT2D eigenvalue weighted by atomic mass is 9.97. The number of phenols is 2. The fourth-order valence-corrected chi connectivity index (χ4v) is 5.26. The first-order valence-corrected chi connectivity index (χ1v) is 16.1. The van der Waals surface area contributed by atoms with Crippen molar-refractivity contribution in [3.63, 3.8) is 0 Å². The van der Waals surface area contributed by atoms with E-state index in [1.54, 1.807) is 31.3 Å². The summed E-state index contributed by atoms with van der Waals surface area (Å²) in [6.07, 6.45) is 0. The van der Waals surface area contributed by atoms with Crippen molar-refractivity contribution in [3.05, 3.63) is 75.4 Å². The van der Waals surface area contributed by atoms with Crippen LogP contribution >= 0.6 is 39.9 Å². The number of alkyl halides is 1. The van der Waals surface area contributed by atoms with Gasteiger partial charge in [0, 0.05) is 25.2 Å². The fraction of sp³-hybridized carbons (Fsp3) is 0.125. The maximum atomic E-state index is 11.4. The topological polar surface area (TPSA) is 275 Å². The summed E-state index contributed by atoms with van der Waals surface area (Å²) in [4.78, 5) is 28.2. The van der Waals surface area contributed by atoms with Gasteiger partial charge in [-0.3, -0.25) is 9.59 Å². The molecule has 2 heterocycles. The van der Waals surface area contributed by atoms with Gasteiger partial charge in [-0.25, -0.2) is 4.98 Å². The molecular formula is C32H27BrN10O4S2. The lowest BCUT2D eigenvalue weighted by Gasteiger charge is -2.12. The zero-order valence-corrected chi connectivity index (χ0v) is 29.0. The van der Waals surface area contributed by atoms with Gasteiger partial charge in [0.25, 0.3) is 0 Å². The summed E-state index contributed by atoms with van der Waals surface area (Å²) in [5, 5.41) is 61.6. The second kappa shape index (κ2) is 18.9. The summed E-state index contributed by atoms with van der Waals surface area (Å²) in [5.74, 6) is 0.114. The number of thioether (sulfide) groups is 1. The maximum absolute atomic E-state index is 11.4. The van der Waals surface area contributed by atoms with Crippen LogP contribution in [-0.4, -0.2) is 57.2 Å². The summed E-state index contributed by atoms with van der Waals surface area (Å²) >= 11 is 9.07. The SMILES string of the molecule is CNC(=O)CBr.CNC(=O)CSc1nc(N)c(C#N)c(-c2ccc(O)cc2)c1C#N.N#Cc1c(N)[nH]c(=S)c(C#N)c1-c1ccc(O)cc1. The summed E-state index contributed by atoms with van der Waals surface area (Å²) in [6, 6.07) is 20.1. The van der Waals surface area contributed by atoms with Gasteiger partial charge in [-0.2, -0.15) is 21.0 Å². The van der Waals surface area contributed by atoms with E-state index < -0.39 is 0 Å². The van der Waals surface area contributed by atoms with Crippen LogP contribution in [0.2, 0.25) is 0 Å². The quantitative estimate of drug-likeness (QED) is 0.0826. The van der Waals surface area contributed by atoms with Crippen molar-refractivity contribution < 1.29 is 19.8 Å². The molecular weight excluding hydrogens is 732 g/mol. The number of H-pyrrole nitrogens is 1. The second-order valence-electron chi connectivity index (χ2n) is 9.23. The number of aromatic nitrogens is 2. The molecule has 0 unspecified atom stereocenters. The number of carbonyl (C=O) groups is 2. The number of nitrogens with one attached hydrogen (secondary N) is 3. The van der Waals surface area contributed by atoms with Crippen molar-refractivity contribution in [2.45, 2.75) is 5.03 Å². The first-order chi connectivity index (χ1) is 23.4. The molecule has 248 valence electrons. The van der Waals surface area contributed by atoms with Crippen molar-refractivity contribution >= 4 is 63.4 Å². The molecule has 0 radical (unpaired) electrons. The van der Waals surface area contributed by atoms with Crippen LogP contribution in [0, 0.1) is 50.0 Å². The molecule has 0 aliphatic rings. The Morgan fingerprint density at radius 1 is 0.816 bits per heavy atom. The molecule has 0 bridgehead atoms. The molecule has 4 aromatic rings.